The van der Waals surface area contributed by atoms with Gasteiger partial charge < -0.3 is 30.3 Å². The Labute approximate surface area is 443 Å². The second kappa shape index (κ2) is 21.0. The number of hydrogen-bond donors (Lipinski definition) is 3. The molecule has 75 heavy (non-hydrogen) atoms. The van der Waals surface area contributed by atoms with E-state index in [1.54, 1.807) is 24.5 Å². The van der Waals surface area contributed by atoms with Gasteiger partial charge in [0.1, 0.15) is 0 Å². The number of ether oxygens (including phenoxy) is 2. The number of rotatable bonds is 7. The molecule has 11 aliphatic carbocycles. The minimum absolute atomic E-state index is 0.0666. The molecule has 18 heteroatoms. The lowest BCUT2D eigenvalue weighted by Gasteiger charge is -2.57. The van der Waals surface area contributed by atoms with Crippen LogP contribution in [0.1, 0.15) is 160 Å². The van der Waals surface area contributed by atoms with Gasteiger partial charge in [-0.1, -0.05) is 17.7 Å². The van der Waals surface area contributed by atoms with E-state index in [-0.39, 0.29) is 16.7 Å². The first-order valence-electron chi connectivity index (χ1n) is 29.2. The van der Waals surface area contributed by atoms with Crippen molar-refractivity contribution in [2.45, 2.75) is 201 Å². The predicted molar refractivity (Wildman–Crippen MR) is 275 cm³/mol. The molecule has 16 rings (SSSR count). The van der Waals surface area contributed by atoms with Crippen molar-refractivity contribution in [2.24, 2.45) is 64.9 Å². The third-order valence-electron chi connectivity index (χ3n) is 20.5. The van der Waals surface area contributed by atoms with Crippen molar-refractivity contribution in [3.05, 3.63) is 48.3 Å². The van der Waals surface area contributed by atoms with Gasteiger partial charge in [0.2, 0.25) is 40.9 Å². The summed E-state index contributed by atoms with van der Waals surface area (Å²) in [6, 6.07) is 8.45. The number of piperazine rings is 1. The molecular formula is C57H82N6O11S. The van der Waals surface area contributed by atoms with Crippen molar-refractivity contribution in [1.82, 2.24) is 20.2 Å². The van der Waals surface area contributed by atoms with Gasteiger partial charge in [-0.2, -0.15) is 28.0 Å². The summed E-state index contributed by atoms with van der Waals surface area (Å²) in [6.07, 6.45) is 28.9. The van der Waals surface area contributed by atoms with Crippen LogP contribution in [-0.2, 0) is 48.7 Å². The van der Waals surface area contributed by atoms with Crippen molar-refractivity contribution in [1.29, 1.82) is 0 Å². The maximum absolute atomic E-state index is 13.0. The second-order valence-corrected chi connectivity index (χ2v) is 27.0. The van der Waals surface area contributed by atoms with Gasteiger partial charge >= 0.3 is 0 Å². The van der Waals surface area contributed by atoms with Crippen LogP contribution in [0, 0.1) is 66.1 Å². The molecule has 4 N–H and O–H groups in total. The molecular weight excluding hydrogens is 977 g/mol. The highest BCUT2D eigenvalue weighted by atomic mass is 32.2. The van der Waals surface area contributed by atoms with Crippen LogP contribution in [0.5, 0.6) is 0 Å². The summed E-state index contributed by atoms with van der Waals surface area (Å²) in [7, 11) is -4.02. The van der Waals surface area contributed by atoms with Crippen LogP contribution < -0.4 is 16.0 Å². The third-order valence-corrected chi connectivity index (χ3v) is 21.4. The highest BCUT2D eigenvalue weighted by molar-refractivity contribution is 7.85. The van der Waals surface area contributed by atoms with Crippen LogP contribution in [0.4, 0.5) is 5.95 Å². The van der Waals surface area contributed by atoms with Gasteiger partial charge in [0.15, 0.2) is 0 Å². The number of carbonyl (C=O) groups excluding carboxylic acids is 2. The fourth-order valence-electron chi connectivity index (χ4n) is 16.7. The monoisotopic (exact) mass is 1060 g/mol. The number of carbonyl (C=O) groups is 2. The summed E-state index contributed by atoms with van der Waals surface area (Å²) in [5, 5.41) is 3.25. The number of aromatic nitrogens is 2. The molecule has 0 atom stereocenters. The van der Waals surface area contributed by atoms with E-state index in [9.17, 15) is 18.0 Å². The molecule has 0 radical (unpaired) electrons. The molecule has 3 aliphatic heterocycles. The van der Waals surface area contributed by atoms with E-state index in [1.165, 1.54) is 76.3 Å². The molecule has 17 nitrogen and oxygen atoms in total. The van der Waals surface area contributed by atoms with Crippen LogP contribution in [0.25, 0.3) is 0 Å². The second-order valence-electron chi connectivity index (χ2n) is 25.6. The highest BCUT2D eigenvalue weighted by Gasteiger charge is 2.68. The van der Waals surface area contributed by atoms with E-state index in [2.05, 4.69) is 20.2 Å². The smallest absolute Gasteiger partial charge is 0.294 e. The van der Waals surface area contributed by atoms with Gasteiger partial charge in [-0.15, -0.1) is 0 Å². The van der Waals surface area contributed by atoms with E-state index in [0.29, 0.717) is 60.4 Å². The van der Waals surface area contributed by atoms with Crippen LogP contribution in [-0.4, -0.2) is 101 Å². The van der Waals surface area contributed by atoms with Crippen molar-refractivity contribution in [3.63, 3.8) is 0 Å². The SMILES string of the molecule is Cc1ccc(S(=O)(=O)O)cc1.NC1CCC(NC(=O)CC2CCC3(CC2)OOC2(O3)C3CC4CC(C3)CC2C4)CC1.O=C(CC1CCC2(CC1)OOC1(O2)C2CC3CC(C2)CC1C3)N1CCN(c2ncccn2)CC1. The first-order valence-corrected chi connectivity index (χ1v) is 30.6. The zero-order valence-corrected chi connectivity index (χ0v) is 44.9. The van der Waals surface area contributed by atoms with Crippen LogP contribution in [0.15, 0.2) is 47.6 Å². The Hall–Kier alpha value is -3.33. The predicted octanol–water partition coefficient (Wildman–Crippen LogP) is 8.55. The Morgan fingerprint density at radius 1 is 0.640 bits per heavy atom. The molecule has 4 spiro atoms. The Kier molecular flexibility index (Phi) is 14.7. The zero-order chi connectivity index (χ0) is 51.6. The zero-order valence-electron chi connectivity index (χ0n) is 44.1. The Morgan fingerprint density at radius 3 is 1.55 bits per heavy atom. The van der Waals surface area contributed by atoms with Crippen molar-refractivity contribution >= 4 is 27.9 Å². The maximum Gasteiger partial charge on any atom is 0.294 e. The van der Waals surface area contributed by atoms with E-state index >= 15 is 0 Å². The quantitative estimate of drug-likeness (QED) is 0.175. The van der Waals surface area contributed by atoms with Gasteiger partial charge in [0, 0.05) is 113 Å². The lowest BCUT2D eigenvalue weighted by molar-refractivity contribution is -0.390. The molecule has 8 bridgehead atoms. The summed E-state index contributed by atoms with van der Waals surface area (Å²) in [5.74, 6) is 5.49. The number of nitrogens with two attached hydrogens (primary N) is 1. The van der Waals surface area contributed by atoms with E-state index < -0.39 is 33.3 Å². The number of amides is 2. The van der Waals surface area contributed by atoms with Gasteiger partial charge in [0.05, 0.1) is 4.90 Å². The first kappa shape index (κ1) is 52.4. The summed E-state index contributed by atoms with van der Waals surface area (Å²) < 4.78 is 43.2. The lowest BCUT2D eigenvalue weighted by Crippen LogP contribution is -2.59. The fraction of sp³-hybridized carbons (Fsp3) is 0.789. The number of nitrogens with zero attached hydrogens (tertiary/aromatic N) is 4. The normalized spacial score (nSPS) is 42.2. The van der Waals surface area contributed by atoms with Gasteiger partial charge in [-0.05, 0) is 176 Å². The Morgan fingerprint density at radius 2 is 1.09 bits per heavy atom. The van der Waals surface area contributed by atoms with Gasteiger partial charge in [-0.25, -0.2) is 9.97 Å². The average Bonchev–Trinajstić information content (AvgIpc) is 4.00. The minimum atomic E-state index is -4.02. The Bertz CT molecular complexity index is 2380. The van der Waals surface area contributed by atoms with Crippen LogP contribution in [0.3, 0.4) is 0 Å². The molecule has 3 saturated heterocycles. The standard InChI is InChI=1S/C26H36N4O4.C24H38N2O4.C7H8O3S/c31-23(29-8-10-30(11-9-29)24-27-6-1-7-28-24)17-18-2-4-25(5-3-18)32-26(34-33-25)21-13-19-12-20(15-21)16-22(26)14-19;25-20-1-3-21(4-2-20)26-22(27)14-15-5-7-23(8-6-15)28-24(30-29-23)18-10-16-9-17(12-18)13-19(24)11-16;1-6-2-4-7(5-3-6)11(8,9)10/h1,6-7,18-22H,2-5,8-17H2;15-21H,1-14,25H2,(H,26,27);2-5H,1H3,(H,8,9,10). The number of aryl methyl sites for hydroxylation is 1. The Balaban J connectivity index is 0.000000127. The lowest BCUT2D eigenvalue weighted by atomic mass is 9.53. The van der Waals surface area contributed by atoms with Gasteiger partial charge in [0.25, 0.3) is 10.1 Å². The summed E-state index contributed by atoms with van der Waals surface area (Å²) in [5.41, 5.74) is 6.93. The molecule has 1 aromatic carbocycles. The molecule has 2 amide bonds. The number of nitrogens with one attached hydrogen (secondary N) is 1. The molecule has 11 saturated carbocycles. The minimum Gasteiger partial charge on any atom is -0.353 e. The number of anilines is 1. The molecule has 14 fully saturated rings. The number of hydrogen-bond acceptors (Lipinski definition) is 14. The molecule has 0 unspecified atom stereocenters. The molecule has 412 valence electrons. The molecule has 1 aromatic heterocycles. The van der Waals surface area contributed by atoms with Crippen molar-refractivity contribution < 1.29 is 51.6 Å². The van der Waals surface area contributed by atoms with Crippen molar-refractivity contribution in [2.75, 3.05) is 31.1 Å². The largest absolute Gasteiger partial charge is 0.353 e. The fourth-order valence-corrected chi connectivity index (χ4v) is 17.2. The van der Waals surface area contributed by atoms with E-state index in [4.69, 9.17) is 39.3 Å². The van der Waals surface area contributed by atoms with Crippen molar-refractivity contribution in [3.8, 4) is 0 Å². The van der Waals surface area contributed by atoms with Gasteiger partial charge in [-0.3, -0.25) is 14.1 Å². The third kappa shape index (κ3) is 10.9. The first-order chi connectivity index (χ1) is 36.1. The molecule has 4 heterocycles. The molecule has 14 aliphatic rings. The number of benzene rings is 1. The van der Waals surface area contributed by atoms with Crippen LogP contribution in [0.2, 0.25) is 0 Å². The topological polar surface area (TPSA) is 214 Å². The van der Waals surface area contributed by atoms with E-state index in [1.807, 2.05) is 17.9 Å². The summed E-state index contributed by atoms with van der Waals surface area (Å²) >= 11 is 0. The summed E-state index contributed by atoms with van der Waals surface area (Å²) in [4.78, 5) is 62.7. The van der Waals surface area contributed by atoms with Crippen LogP contribution >= 0.6 is 0 Å². The van der Waals surface area contributed by atoms with E-state index in [0.717, 1.165) is 138 Å². The molecule has 2 aromatic rings. The average molecular weight is 1060 g/mol. The maximum atomic E-state index is 13.0. The summed E-state index contributed by atoms with van der Waals surface area (Å²) in [6.45, 7) is 4.89. The highest BCUT2D eigenvalue weighted by Crippen LogP contribution is 2.65.